The molecule has 0 spiro atoms. The Morgan fingerprint density at radius 1 is 1.08 bits per heavy atom. The molecule has 0 bridgehead atoms. The van der Waals surface area contributed by atoms with Crippen molar-refractivity contribution < 1.29 is 19.2 Å². The molecule has 1 saturated heterocycles. The van der Waals surface area contributed by atoms with E-state index in [1.807, 2.05) is 65.4 Å². The Morgan fingerprint density at radius 2 is 1.70 bits per heavy atom. The number of rotatable bonds is 14. The van der Waals surface area contributed by atoms with Gasteiger partial charge in [-0.2, -0.15) is 11.8 Å². The molecule has 0 aromatic heterocycles. The number of likely N-dealkylation sites (N-methyl/N-ethyl adjacent to an activating group) is 2. The molecule has 1 fully saturated rings. The zero-order valence-electron chi connectivity index (χ0n) is 24.6. The molecule has 0 saturated carbocycles. The first kappa shape index (κ1) is 33.2. The number of nitrogens with zero attached hydrogens (tertiary/aromatic N) is 3. The van der Waals surface area contributed by atoms with Crippen LogP contribution in [0.15, 0.2) is 12.3 Å². The van der Waals surface area contributed by atoms with Gasteiger partial charge >= 0.3 is 0 Å². The molecule has 1 N–H and O–H groups in total. The fourth-order valence-corrected chi connectivity index (χ4v) is 5.38. The Hall–Kier alpha value is -1.87. The highest BCUT2D eigenvalue weighted by atomic mass is 32.2. The highest BCUT2D eigenvalue weighted by Gasteiger charge is 2.39. The van der Waals surface area contributed by atoms with Crippen molar-refractivity contribution >= 4 is 35.3 Å². The fraction of sp³-hybridized carbons (Fsp3) is 0.786. The molecule has 0 aromatic rings. The van der Waals surface area contributed by atoms with E-state index >= 15 is 0 Å². The smallest absolute Gasteiger partial charge is 0.243 e. The number of carbonyl (C=O) groups excluding carboxylic acids is 4. The Morgan fingerprint density at radius 3 is 2.22 bits per heavy atom. The third-order valence-electron chi connectivity index (χ3n) is 6.53. The normalized spacial score (nSPS) is 17.4. The van der Waals surface area contributed by atoms with Crippen molar-refractivity contribution in [1.82, 2.24) is 20.0 Å². The van der Waals surface area contributed by atoms with Crippen LogP contribution in [0.1, 0.15) is 80.1 Å². The van der Waals surface area contributed by atoms with Crippen molar-refractivity contribution in [3.63, 3.8) is 0 Å². The van der Waals surface area contributed by atoms with E-state index in [1.165, 1.54) is 4.90 Å². The van der Waals surface area contributed by atoms with Crippen molar-refractivity contribution in [3.8, 4) is 0 Å². The van der Waals surface area contributed by atoms with Gasteiger partial charge in [-0.05, 0) is 53.5 Å². The van der Waals surface area contributed by atoms with Crippen LogP contribution < -0.4 is 5.32 Å². The quantitative estimate of drug-likeness (QED) is 0.339. The highest BCUT2D eigenvalue weighted by molar-refractivity contribution is 8.00. The lowest BCUT2D eigenvalue weighted by molar-refractivity contribution is -0.142. The topological polar surface area (TPSA) is 90.0 Å². The summed E-state index contributed by atoms with van der Waals surface area (Å²) in [5.74, 6) is 0.568. The summed E-state index contributed by atoms with van der Waals surface area (Å²) in [6.07, 6.45) is 3.36. The van der Waals surface area contributed by atoms with E-state index in [4.69, 9.17) is 0 Å². The van der Waals surface area contributed by atoms with Crippen LogP contribution in [0.25, 0.3) is 0 Å². The second kappa shape index (κ2) is 14.3. The summed E-state index contributed by atoms with van der Waals surface area (Å²) < 4.78 is 0. The van der Waals surface area contributed by atoms with E-state index in [2.05, 4.69) is 11.9 Å². The minimum absolute atomic E-state index is 0.00571. The van der Waals surface area contributed by atoms with Gasteiger partial charge in [-0.25, -0.2) is 0 Å². The van der Waals surface area contributed by atoms with Gasteiger partial charge in [0.2, 0.25) is 17.7 Å². The molecule has 0 aliphatic carbocycles. The molecule has 2 unspecified atom stereocenters. The monoisotopic (exact) mass is 538 g/mol. The lowest BCUT2D eigenvalue weighted by atomic mass is 9.86. The predicted octanol–water partition coefficient (Wildman–Crippen LogP) is 3.70. The Balaban J connectivity index is 2.54. The van der Waals surface area contributed by atoms with Gasteiger partial charge in [-0.1, -0.05) is 33.8 Å². The molecule has 1 aliphatic rings. The van der Waals surface area contributed by atoms with Crippen LogP contribution >= 0.6 is 11.8 Å². The van der Waals surface area contributed by atoms with Gasteiger partial charge in [0, 0.05) is 56.1 Å². The SMILES string of the molecule is C=C1C(SCCCCCC(=O)N(C)C(CC(=O)C(C)(C)C)C(=O)NCCN(C)C)CC(=O)N1C(C)(C)C. The van der Waals surface area contributed by atoms with Gasteiger partial charge in [-0.3, -0.25) is 19.2 Å². The van der Waals surface area contributed by atoms with Crippen molar-refractivity contribution in [2.75, 3.05) is 40.0 Å². The number of Topliss-reactive ketones (excluding diaryl/α,β-unsaturated/α-hetero) is 1. The van der Waals surface area contributed by atoms with E-state index in [-0.39, 0.29) is 40.7 Å². The molecular weight excluding hydrogens is 488 g/mol. The van der Waals surface area contributed by atoms with Crippen LogP contribution in [0.3, 0.4) is 0 Å². The largest absolute Gasteiger partial charge is 0.353 e. The zero-order chi connectivity index (χ0) is 28.6. The first-order valence-electron chi connectivity index (χ1n) is 13.3. The maximum atomic E-state index is 12.9. The maximum Gasteiger partial charge on any atom is 0.243 e. The van der Waals surface area contributed by atoms with E-state index < -0.39 is 11.5 Å². The van der Waals surface area contributed by atoms with Crippen molar-refractivity contribution in [2.45, 2.75) is 96.9 Å². The summed E-state index contributed by atoms with van der Waals surface area (Å²) in [6.45, 7) is 16.8. The van der Waals surface area contributed by atoms with Crippen LogP contribution in [0.5, 0.6) is 0 Å². The molecule has 9 heteroatoms. The third-order valence-corrected chi connectivity index (χ3v) is 7.90. The zero-order valence-corrected chi connectivity index (χ0v) is 25.4. The van der Waals surface area contributed by atoms with Gasteiger partial charge in [-0.15, -0.1) is 0 Å². The Kier molecular flexibility index (Phi) is 12.8. The van der Waals surface area contributed by atoms with Gasteiger partial charge in [0.05, 0.1) is 5.25 Å². The van der Waals surface area contributed by atoms with Crippen LogP contribution in [0, 0.1) is 5.41 Å². The van der Waals surface area contributed by atoms with Gasteiger partial charge in [0.15, 0.2) is 0 Å². The van der Waals surface area contributed by atoms with Gasteiger partial charge < -0.3 is 20.0 Å². The second-order valence-corrected chi connectivity index (χ2v) is 13.6. The average molecular weight is 539 g/mol. The van der Waals surface area contributed by atoms with Gasteiger partial charge in [0.1, 0.15) is 11.8 Å². The predicted molar refractivity (Wildman–Crippen MR) is 152 cm³/mol. The van der Waals surface area contributed by atoms with Gasteiger partial charge in [0.25, 0.3) is 0 Å². The van der Waals surface area contributed by atoms with Crippen molar-refractivity contribution in [1.29, 1.82) is 0 Å². The molecule has 0 aromatic carbocycles. The Labute approximate surface area is 228 Å². The van der Waals surface area contributed by atoms with E-state index in [0.29, 0.717) is 32.4 Å². The molecule has 212 valence electrons. The second-order valence-electron chi connectivity index (χ2n) is 12.3. The van der Waals surface area contributed by atoms with Crippen LogP contribution in [-0.2, 0) is 19.2 Å². The number of likely N-dealkylation sites (tertiary alicyclic amines) is 1. The number of carbonyl (C=O) groups is 4. The molecule has 37 heavy (non-hydrogen) atoms. The number of ketones is 1. The summed E-state index contributed by atoms with van der Waals surface area (Å²) >= 11 is 1.76. The lowest BCUT2D eigenvalue weighted by Gasteiger charge is -2.33. The number of unbranched alkanes of at least 4 members (excludes halogenated alkanes) is 2. The summed E-state index contributed by atoms with van der Waals surface area (Å²) in [6, 6.07) is -0.811. The number of nitrogens with one attached hydrogen (secondary N) is 1. The minimum Gasteiger partial charge on any atom is -0.353 e. The first-order chi connectivity index (χ1) is 17.0. The first-order valence-corrected chi connectivity index (χ1v) is 14.4. The van der Waals surface area contributed by atoms with E-state index in [9.17, 15) is 19.2 Å². The highest BCUT2D eigenvalue weighted by Crippen LogP contribution is 2.36. The van der Waals surface area contributed by atoms with Crippen LogP contribution in [-0.4, -0.2) is 95.0 Å². The number of hydrogen-bond acceptors (Lipinski definition) is 6. The minimum atomic E-state index is -0.811. The number of hydrogen-bond donors (Lipinski definition) is 1. The van der Waals surface area contributed by atoms with E-state index in [0.717, 1.165) is 24.3 Å². The summed E-state index contributed by atoms with van der Waals surface area (Å²) in [7, 11) is 5.46. The molecule has 8 nitrogen and oxygen atoms in total. The Bertz CT molecular complexity index is 829. The third kappa shape index (κ3) is 10.8. The number of thioether (sulfide) groups is 1. The molecule has 0 radical (unpaired) electrons. The molecule has 3 amide bonds. The number of amides is 3. The summed E-state index contributed by atoms with van der Waals surface area (Å²) in [4.78, 5) is 56.1. The van der Waals surface area contributed by atoms with E-state index in [1.54, 1.807) is 18.8 Å². The summed E-state index contributed by atoms with van der Waals surface area (Å²) in [5.41, 5.74) is 0.0520. The maximum absolute atomic E-state index is 12.9. The molecular formula is C28H50N4O4S. The average Bonchev–Trinajstić information content (AvgIpc) is 3.05. The molecule has 2 atom stereocenters. The van der Waals surface area contributed by atoms with Crippen molar-refractivity contribution in [2.24, 2.45) is 5.41 Å². The molecule has 1 rings (SSSR count). The van der Waals surface area contributed by atoms with Crippen LogP contribution in [0.4, 0.5) is 0 Å². The fourth-order valence-electron chi connectivity index (χ4n) is 4.17. The molecule has 1 aliphatic heterocycles. The molecule has 1 heterocycles. The van der Waals surface area contributed by atoms with Crippen molar-refractivity contribution in [3.05, 3.63) is 12.3 Å². The lowest BCUT2D eigenvalue weighted by Crippen LogP contribution is -2.50. The van der Waals surface area contributed by atoms with Crippen LogP contribution in [0.2, 0.25) is 0 Å². The summed E-state index contributed by atoms with van der Waals surface area (Å²) in [5, 5.41) is 2.99. The standard InChI is InChI=1S/C28H50N4O4S/c1-20-22(19-25(35)32(20)28(5,6)7)37-17-13-11-12-14-24(34)31(10)21(18-23(33)27(2,3)4)26(36)29-15-16-30(8)9/h21-22H,1,11-19H2,2-10H3,(H,29,36).